The molecule has 4 heterocycles. The van der Waals surface area contributed by atoms with Crippen molar-refractivity contribution >= 4 is 41.4 Å². The molecule has 0 amide bonds. The summed E-state index contributed by atoms with van der Waals surface area (Å²) in [6.45, 7) is 0.871. The molecule has 1 saturated carbocycles. The third-order valence-corrected chi connectivity index (χ3v) is 7.52. The quantitative estimate of drug-likeness (QED) is 0.311. The number of nitrogens with zero attached hydrogens (tertiary/aromatic N) is 5. The molecular weight excluding hydrogens is 559 g/mol. The summed E-state index contributed by atoms with van der Waals surface area (Å²) in [5, 5.41) is 8.97. The van der Waals surface area contributed by atoms with Crippen LogP contribution in [0.2, 0.25) is 0 Å². The lowest BCUT2D eigenvalue weighted by Crippen LogP contribution is -2.38. The van der Waals surface area contributed by atoms with Crippen LogP contribution < -0.4 is 5.73 Å². The monoisotopic (exact) mass is 586 g/mol. The van der Waals surface area contributed by atoms with Gasteiger partial charge in [-0.15, -0.1) is 35.0 Å². The number of pyridine rings is 2. The molecular formula is C26H28Cl2F4N6O. The predicted octanol–water partition coefficient (Wildman–Crippen LogP) is 5.24. The van der Waals surface area contributed by atoms with Gasteiger partial charge in [0.1, 0.15) is 17.6 Å². The number of rotatable bonds is 6. The number of halogens is 6. The molecule has 13 heteroatoms. The summed E-state index contributed by atoms with van der Waals surface area (Å²) >= 11 is 0. The van der Waals surface area contributed by atoms with Crippen molar-refractivity contribution in [2.75, 3.05) is 26.8 Å². The summed E-state index contributed by atoms with van der Waals surface area (Å²) in [5.41, 5.74) is 7.60. The Morgan fingerprint density at radius 1 is 1.13 bits per heavy atom. The van der Waals surface area contributed by atoms with E-state index in [1.165, 1.54) is 33.7 Å². The number of alkyl halides is 3. The number of hydrogen-bond acceptors (Lipinski definition) is 6. The SMILES string of the molecule is COCC1(c2cc3nc(-c4nnc5ccc([C@@H](N6CC[C@H](N)C6)C(F)(F)F)cn45)ccc3cc2F)CC1.Cl.Cl. The molecule has 1 aliphatic heterocycles. The smallest absolute Gasteiger partial charge is 0.384 e. The molecule has 0 bridgehead atoms. The van der Waals surface area contributed by atoms with Crippen LogP contribution in [-0.4, -0.2) is 63.5 Å². The molecule has 4 aromatic rings. The van der Waals surface area contributed by atoms with Gasteiger partial charge in [0, 0.05) is 43.2 Å². The number of aromatic nitrogens is 4. The Hall–Kier alpha value is -2.57. The number of likely N-dealkylation sites (tertiary alicyclic amines) is 1. The van der Waals surface area contributed by atoms with Crippen LogP contribution in [0, 0.1) is 5.82 Å². The molecule has 0 unspecified atom stereocenters. The first kappa shape index (κ1) is 29.4. The Morgan fingerprint density at radius 3 is 2.54 bits per heavy atom. The van der Waals surface area contributed by atoms with E-state index in [-0.39, 0.29) is 60.7 Å². The van der Waals surface area contributed by atoms with Crippen LogP contribution in [0.25, 0.3) is 28.1 Å². The fourth-order valence-corrected chi connectivity index (χ4v) is 5.49. The standard InChI is InChI=1S/C26H26F4N6O.2ClH/c1-37-14-25(7-8-25)18-11-21-15(10-19(18)27)2-4-20(32-21)24-34-33-22-5-3-16(12-36(22)24)23(26(28,29)30)35-9-6-17(31)13-35;;/h2-5,10-12,17,23H,6-9,13-14,31H2,1H3;2*1H/t17-,23+;;/m0../s1. The van der Waals surface area contributed by atoms with Crippen molar-refractivity contribution in [2.24, 2.45) is 5.73 Å². The van der Waals surface area contributed by atoms with E-state index in [2.05, 4.69) is 10.2 Å². The van der Waals surface area contributed by atoms with Gasteiger partial charge < -0.3 is 10.5 Å². The van der Waals surface area contributed by atoms with Gasteiger partial charge in [-0.1, -0.05) is 12.1 Å². The Balaban J connectivity index is 0.00000176. The number of methoxy groups -OCH3 is 1. The van der Waals surface area contributed by atoms with E-state index >= 15 is 0 Å². The van der Waals surface area contributed by atoms with E-state index in [0.717, 1.165) is 12.8 Å². The van der Waals surface area contributed by atoms with E-state index in [9.17, 15) is 17.6 Å². The molecule has 39 heavy (non-hydrogen) atoms. The normalized spacial score (nSPS) is 19.6. The average Bonchev–Trinajstić information content (AvgIpc) is 3.31. The van der Waals surface area contributed by atoms with Crippen molar-refractivity contribution in [3.8, 4) is 11.5 Å². The van der Waals surface area contributed by atoms with E-state index < -0.39 is 12.2 Å². The van der Waals surface area contributed by atoms with Gasteiger partial charge in [0.15, 0.2) is 11.5 Å². The first-order chi connectivity index (χ1) is 17.7. The van der Waals surface area contributed by atoms with Gasteiger partial charge in [-0.25, -0.2) is 9.37 Å². The summed E-state index contributed by atoms with van der Waals surface area (Å²) in [5.74, 6) is 0.00990. The zero-order valence-corrected chi connectivity index (χ0v) is 22.6. The molecule has 3 aromatic heterocycles. The summed E-state index contributed by atoms with van der Waals surface area (Å²) in [7, 11) is 1.60. The third kappa shape index (κ3) is 5.30. The molecule has 6 rings (SSSR count). The number of benzene rings is 1. The summed E-state index contributed by atoms with van der Waals surface area (Å²) in [6.07, 6.45) is -0.866. The van der Waals surface area contributed by atoms with Gasteiger partial charge in [0.2, 0.25) is 0 Å². The summed E-state index contributed by atoms with van der Waals surface area (Å²) < 4.78 is 64.2. The van der Waals surface area contributed by atoms with Gasteiger partial charge in [0.05, 0.1) is 12.1 Å². The molecule has 0 radical (unpaired) electrons. The van der Waals surface area contributed by atoms with Crippen LogP contribution in [0.5, 0.6) is 0 Å². The van der Waals surface area contributed by atoms with Gasteiger partial charge in [-0.3, -0.25) is 9.30 Å². The first-order valence-corrected chi connectivity index (χ1v) is 12.2. The number of ether oxygens (including phenoxy) is 1. The molecule has 2 fully saturated rings. The average molecular weight is 587 g/mol. The third-order valence-electron chi connectivity index (χ3n) is 7.52. The van der Waals surface area contributed by atoms with Crippen molar-refractivity contribution in [2.45, 2.75) is 42.9 Å². The van der Waals surface area contributed by atoms with Crippen LogP contribution in [-0.2, 0) is 10.2 Å². The van der Waals surface area contributed by atoms with Crippen molar-refractivity contribution in [3.63, 3.8) is 0 Å². The van der Waals surface area contributed by atoms with Crippen LogP contribution in [0.3, 0.4) is 0 Å². The minimum Gasteiger partial charge on any atom is -0.384 e. The molecule has 1 aliphatic carbocycles. The highest BCUT2D eigenvalue weighted by molar-refractivity contribution is 5.85. The molecule has 0 spiro atoms. The lowest BCUT2D eigenvalue weighted by atomic mass is 9.95. The summed E-state index contributed by atoms with van der Waals surface area (Å²) in [4.78, 5) is 6.07. The number of nitrogens with two attached hydrogens (primary N) is 1. The van der Waals surface area contributed by atoms with Crippen molar-refractivity contribution in [1.82, 2.24) is 24.5 Å². The van der Waals surface area contributed by atoms with Crippen LogP contribution >= 0.6 is 24.8 Å². The largest absolute Gasteiger partial charge is 0.408 e. The maximum absolute atomic E-state index is 14.9. The molecule has 210 valence electrons. The van der Waals surface area contributed by atoms with Crippen molar-refractivity contribution in [1.29, 1.82) is 0 Å². The first-order valence-electron chi connectivity index (χ1n) is 12.2. The van der Waals surface area contributed by atoms with Crippen LogP contribution in [0.4, 0.5) is 17.6 Å². The lowest BCUT2D eigenvalue weighted by Gasteiger charge is -2.30. The minimum absolute atomic E-state index is 0. The van der Waals surface area contributed by atoms with E-state index in [0.29, 0.717) is 46.7 Å². The molecule has 1 saturated heterocycles. The topological polar surface area (TPSA) is 81.6 Å². The Morgan fingerprint density at radius 2 is 1.90 bits per heavy atom. The second-order valence-corrected chi connectivity index (χ2v) is 10.1. The van der Waals surface area contributed by atoms with E-state index in [1.54, 1.807) is 25.3 Å². The number of fused-ring (bicyclic) bond motifs is 2. The Bertz CT molecular complexity index is 1490. The summed E-state index contributed by atoms with van der Waals surface area (Å²) in [6, 6.07) is 7.50. The van der Waals surface area contributed by atoms with Gasteiger partial charge in [-0.05, 0) is 54.7 Å². The second kappa shape index (κ2) is 10.8. The van der Waals surface area contributed by atoms with Crippen molar-refractivity contribution < 1.29 is 22.3 Å². The van der Waals surface area contributed by atoms with Gasteiger partial charge in [0.25, 0.3) is 0 Å². The van der Waals surface area contributed by atoms with Crippen LogP contribution in [0.15, 0.2) is 42.6 Å². The van der Waals surface area contributed by atoms with Crippen LogP contribution in [0.1, 0.15) is 36.4 Å². The molecule has 2 aliphatic rings. The molecule has 2 atom stereocenters. The van der Waals surface area contributed by atoms with E-state index in [1.807, 2.05) is 0 Å². The Kier molecular flexibility index (Phi) is 8.13. The predicted molar refractivity (Wildman–Crippen MR) is 144 cm³/mol. The van der Waals surface area contributed by atoms with E-state index in [4.69, 9.17) is 15.5 Å². The zero-order valence-electron chi connectivity index (χ0n) is 21.0. The highest BCUT2D eigenvalue weighted by Gasteiger charge is 2.47. The maximum atomic E-state index is 14.9. The van der Waals surface area contributed by atoms with Gasteiger partial charge >= 0.3 is 6.18 Å². The fourth-order valence-electron chi connectivity index (χ4n) is 5.49. The molecule has 7 nitrogen and oxygen atoms in total. The second-order valence-electron chi connectivity index (χ2n) is 10.1. The Labute approximate surface area is 234 Å². The highest BCUT2D eigenvalue weighted by atomic mass is 35.5. The number of hydrogen-bond donors (Lipinski definition) is 1. The molecule has 2 N–H and O–H groups in total. The zero-order chi connectivity index (χ0) is 25.9. The minimum atomic E-state index is -4.48. The molecule has 1 aromatic carbocycles. The van der Waals surface area contributed by atoms with Gasteiger partial charge in [-0.2, -0.15) is 13.2 Å². The fraction of sp³-hybridized carbons (Fsp3) is 0.423. The maximum Gasteiger partial charge on any atom is 0.408 e. The lowest BCUT2D eigenvalue weighted by molar-refractivity contribution is -0.183. The highest BCUT2D eigenvalue weighted by Crippen LogP contribution is 2.50. The van der Waals surface area contributed by atoms with Crippen molar-refractivity contribution in [3.05, 3.63) is 59.5 Å².